The van der Waals surface area contributed by atoms with E-state index in [0.29, 0.717) is 13.1 Å². The van der Waals surface area contributed by atoms with E-state index in [9.17, 15) is 9.90 Å². The number of aliphatic imine (C=N–C) groups is 1. The van der Waals surface area contributed by atoms with E-state index < -0.39 is 11.7 Å². The topological polar surface area (TPSA) is 105 Å². The second-order valence-corrected chi connectivity index (χ2v) is 6.87. The molecule has 1 rings (SSSR count). The molecule has 2 atom stereocenters. The summed E-state index contributed by atoms with van der Waals surface area (Å²) >= 11 is 0. The van der Waals surface area contributed by atoms with Crippen LogP contribution in [0.25, 0.3) is 0 Å². The third-order valence-corrected chi connectivity index (χ3v) is 4.87. The first-order valence-corrected chi connectivity index (χ1v) is 9.19. The SMILES string of the molecule is CCCCCCCCCCC(CC(=O)O)C(C)(O)N1C=NCC1.O.[H-].[Na+]. The minimum absolute atomic E-state index is 0. The van der Waals surface area contributed by atoms with Gasteiger partial charge in [0.25, 0.3) is 0 Å². The van der Waals surface area contributed by atoms with Gasteiger partial charge in [-0.1, -0.05) is 58.3 Å². The molecule has 6 nitrogen and oxygen atoms in total. The van der Waals surface area contributed by atoms with Crippen LogP contribution in [0.15, 0.2) is 4.99 Å². The molecule has 0 amide bonds. The van der Waals surface area contributed by atoms with Gasteiger partial charge in [-0.3, -0.25) is 9.79 Å². The maximum Gasteiger partial charge on any atom is 1.00 e. The van der Waals surface area contributed by atoms with Gasteiger partial charge in [-0.15, -0.1) is 0 Å². The van der Waals surface area contributed by atoms with Gasteiger partial charge in [0.2, 0.25) is 0 Å². The predicted molar refractivity (Wildman–Crippen MR) is 98.4 cm³/mol. The van der Waals surface area contributed by atoms with Crippen molar-refractivity contribution in [1.29, 1.82) is 0 Å². The summed E-state index contributed by atoms with van der Waals surface area (Å²) in [5, 5.41) is 19.9. The zero-order valence-corrected chi connectivity index (χ0v) is 18.3. The molecule has 1 heterocycles. The average molecular weight is 368 g/mol. The van der Waals surface area contributed by atoms with Crippen molar-refractivity contribution in [3.8, 4) is 0 Å². The van der Waals surface area contributed by atoms with Crippen LogP contribution in [0, 0.1) is 5.92 Å². The first kappa shape index (κ1) is 27.1. The predicted octanol–water partition coefficient (Wildman–Crippen LogP) is -0.0477. The van der Waals surface area contributed by atoms with Crippen LogP contribution in [0.5, 0.6) is 0 Å². The van der Waals surface area contributed by atoms with Crippen LogP contribution in [0.4, 0.5) is 0 Å². The standard InChI is InChI=1S/C18H34N2O3.Na.H2O.H/c1-3-4-5-6-7-8-9-10-11-16(14-17(21)22)18(2,23)20-13-12-19-15-20;;;/h15-16,23H,3-14H2,1-2H3,(H,21,22);;1H2;/q;+1;;-1. The Morgan fingerprint density at radius 3 is 2.28 bits per heavy atom. The molecule has 0 aromatic rings. The van der Waals surface area contributed by atoms with Crippen molar-refractivity contribution in [1.82, 2.24) is 4.90 Å². The number of aliphatic hydroxyl groups is 1. The number of unbranched alkanes of at least 4 members (excludes halogenated alkanes) is 7. The van der Waals surface area contributed by atoms with Crippen molar-refractivity contribution < 1.29 is 51.5 Å². The molecule has 2 unspecified atom stereocenters. The first-order chi connectivity index (χ1) is 11.0. The Morgan fingerprint density at radius 2 is 1.80 bits per heavy atom. The van der Waals surface area contributed by atoms with Crippen LogP contribution < -0.4 is 29.6 Å². The summed E-state index contributed by atoms with van der Waals surface area (Å²) in [6.45, 7) is 5.29. The van der Waals surface area contributed by atoms with E-state index in [0.717, 1.165) is 19.3 Å². The number of carbonyl (C=O) groups is 1. The van der Waals surface area contributed by atoms with Crippen LogP contribution in [0.2, 0.25) is 0 Å². The summed E-state index contributed by atoms with van der Waals surface area (Å²) in [6, 6.07) is 0. The maximum atomic E-state index is 11.1. The van der Waals surface area contributed by atoms with E-state index in [1.54, 1.807) is 18.2 Å². The molecular weight excluding hydrogens is 331 g/mol. The van der Waals surface area contributed by atoms with E-state index >= 15 is 0 Å². The third-order valence-electron chi connectivity index (χ3n) is 4.87. The maximum absolute atomic E-state index is 11.1. The fourth-order valence-electron chi connectivity index (χ4n) is 3.26. The van der Waals surface area contributed by atoms with Crippen molar-refractivity contribution in [2.24, 2.45) is 10.9 Å². The van der Waals surface area contributed by atoms with Gasteiger partial charge < -0.3 is 22.0 Å². The molecule has 0 aromatic carbocycles. The van der Waals surface area contributed by atoms with Crippen LogP contribution in [0.1, 0.15) is 79.5 Å². The Bertz CT molecular complexity index is 384. The summed E-state index contributed by atoms with van der Waals surface area (Å²) in [5.41, 5.74) is -1.13. The van der Waals surface area contributed by atoms with Crippen molar-refractivity contribution >= 4 is 12.3 Å². The average Bonchev–Trinajstić information content (AvgIpc) is 3.03. The van der Waals surface area contributed by atoms with Crippen LogP contribution in [0.3, 0.4) is 0 Å². The minimum atomic E-state index is -1.13. The molecule has 0 saturated heterocycles. The molecule has 0 saturated carbocycles. The van der Waals surface area contributed by atoms with Crippen molar-refractivity contribution in [3.05, 3.63) is 0 Å². The molecule has 4 N–H and O–H groups in total. The summed E-state index contributed by atoms with van der Waals surface area (Å²) in [5.74, 6) is -1.10. The van der Waals surface area contributed by atoms with E-state index in [1.165, 1.54) is 38.5 Å². The summed E-state index contributed by atoms with van der Waals surface area (Å²) in [4.78, 5) is 17.1. The number of rotatable bonds is 13. The second kappa shape index (κ2) is 15.0. The molecule has 0 bridgehead atoms. The zero-order chi connectivity index (χ0) is 17.1. The molecule has 144 valence electrons. The Labute approximate surface area is 176 Å². The summed E-state index contributed by atoms with van der Waals surface area (Å²) in [6.07, 6.45) is 12.2. The number of hydrogen-bond acceptors (Lipinski definition) is 4. The molecule has 0 aliphatic carbocycles. The van der Waals surface area contributed by atoms with Gasteiger partial charge >= 0.3 is 35.5 Å². The second-order valence-electron chi connectivity index (χ2n) is 6.87. The molecule has 0 radical (unpaired) electrons. The zero-order valence-electron chi connectivity index (χ0n) is 17.3. The monoisotopic (exact) mass is 368 g/mol. The van der Waals surface area contributed by atoms with Crippen LogP contribution in [-0.4, -0.2) is 51.7 Å². The fraction of sp³-hybridized carbons (Fsp3) is 0.889. The molecule has 0 fully saturated rings. The number of nitrogens with zero attached hydrogens (tertiary/aromatic N) is 2. The first-order valence-electron chi connectivity index (χ1n) is 9.19. The number of aliphatic carboxylic acids is 1. The van der Waals surface area contributed by atoms with E-state index in [4.69, 9.17) is 5.11 Å². The number of carboxylic acid groups (broad SMARTS) is 1. The van der Waals surface area contributed by atoms with Gasteiger partial charge in [0.1, 0.15) is 5.72 Å². The van der Waals surface area contributed by atoms with E-state index in [-0.39, 0.29) is 48.8 Å². The Morgan fingerprint density at radius 1 is 1.24 bits per heavy atom. The smallest absolute Gasteiger partial charge is 1.00 e. The van der Waals surface area contributed by atoms with E-state index in [2.05, 4.69) is 11.9 Å². The molecule has 0 spiro atoms. The van der Waals surface area contributed by atoms with Crippen LogP contribution >= 0.6 is 0 Å². The normalized spacial score (nSPS) is 16.7. The number of hydrogen-bond donors (Lipinski definition) is 2. The molecular formula is C18H37N2NaO4. The van der Waals surface area contributed by atoms with Gasteiger partial charge in [0.15, 0.2) is 0 Å². The van der Waals surface area contributed by atoms with Gasteiger partial charge in [0, 0.05) is 12.5 Å². The molecule has 1 aliphatic heterocycles. The van der Waals surface area contributed by atoms with Crippen molar-refractivity contribution in [2.45, 2.75) is 83.8 Å². The van der Waals surface area contributed by atoms with Gasteiger partial charge in [-0.25, -0.2) is 0 Å². The van der Waals surface area contributed by atoms with Gasteiger partial charge in [0.05, 0.1) is 19.3 Å². The molecule has 7 heteroatoms. The Balaban J connectivity index is -0.00000176. The van der Waals surface area contributed by atoms with Crippen molar-refractivity contribution in [3.63, 3.8) is 0 Å². The molecule has 1 aliphatic rings. The van der Waals surface area contributed by atoms with Gasteiger partial charge in [-0.2, -0.15) is 0 Å². The third kappa shape index (κ3) is 10.6. The largest absolute Gasteiger partial charge is 1.00 e. The summed E-state index contributed by atoms with van der Waals surface area (Å²) < 4.78 is 0. The van der Waals surface area contributed by atoms with E-state index in [1.807, 2.05) is 0 Å². The molecule has 25 heavy (non-hydrogen) atoms. The number of carboxylic acids is 1. The minimum Gasteiger partial charge on any atom is -1.00 e. The van der Waals surface area contributed by atoms with Crippen LogP contribution in [-0.2, 0) is 4.79 Å². The Kier molecular flexibility index (Phi) is 16.2. The summed E-state index contributed by atoms with van der Waals surface area (Å²) in [7, 11) is 0. The fourth-order valence-corrected chi connectivity index (χ4v) is 3.26. The molecule has 0 aromatic heterocycles. The van der Waals surface area contributed by atoms with Gasteiger partial charge in [-0.05, 0) is 13.3 Å². The quantitative estimate of drug-likeness (QED) is 0.351. The van der Waals surface area contributed by atoms with Crippen molar-refractivity contribution in [2.75, 3.05) is 13.1 Å². The Hall–Kier alpha value is -0.140.